The molecule has 0 radical (unpaired) electrons. The van der Waals surface area contributed by atoms with Gasteiger partial charge in [-0.25, -0.2) is 0 Å². The van der Waals surface area contributed by atoms with Crippen LogP contribution in [0, 0.1) is 5.41 Å². The van der Waals surface area contributed by atoms with Crippen LogP contribution in [-0.4, -0.2) is 10.00 Å². The van der Waals surface area contributed by atoms with Crippen LogP contribution in [0.25, 0.3) is 0 Å². The highest BCUT2D eigenvalue weighted by atomic mass is 32.2. The monoisotopic (exact) mass is 236 g/mol. The Bertz CT molecular complexity index is 324. The Hall–Kier alpha value is -0.170. The Morgan fingerprint density at radius 1 is 1.25 bits per heavy atom. The molecule has 16 heavy (non-hydrogen) atoms. The first-order valence-electron chi connectivity index (χ1n) is 6.42. The molecule has 1 saturated heterocycles. The van der Waals surface area contributed by atoms with Gasteiger partial charge in [-0.05, 0) is 44.9 Å². The van der Waals surface area contributed by atoms with E-state index in [2.05, 4.69) is 57.7 Å². The number of thioether (sulfide) groups is 1. The van der Waals surface area contributed by atoms with Crippen LogP contribution in [0.1, 0.15) is 53.4 Å². The maximum Gasteiger partial charge on any atom is 0.0288 e. The SMILES string of the molecule is C/C1=C\CC(C)(C)/C=C/CC2(C)SC2CC1. The molecule has 0 N–H and O–H groups in total. The summed E-state index contributed by atoms with van der Waals surface area (Å²) in [6.45, 7) is 9.40. The predicted molar refractivity (Wildman–Crippen MR) is 74.9 cm³/mol. The number of fused-ring (bicyclic) bond motifs is 1. The van der Waals surface area contributed by atoms with Gasteiger partial charge in [0.1, 0.15) is 0 Å². The molecule has 1 heteroatoms. The fourth-order valence-corrected chi connectivity index (χ4v) is 3.64. The Morgan fingerprint density at radius 2 is 2.00 bits per heavy atom. The largest absolute Gasteiger partial charge is 0.149 e. The van der Waals surface area contributed by atoms with Crippen molar-refractivity contribution in [1.29, 1.82) is 0 Å². The lowest BCUT2D eigenvalue weighted by Crippen LogP contribution is -2.09. The Labute approximate surface area is 105 Å². The van der Waals surface area contributed by atoms with Crippen molar-refractivity contribution in [3.63, 3.8) is 0 Å². The van der Waals surface area contributed by atoms with Gasteiger partial charge in [0.2, 0.25) is 0 Å². The van der Waals surface area contributed by atoms with E-state index in [-0.39, 0.29) is 0 Å². The van der Waals surface area contributed by atoms with E-state index < -0.39 is 0 Å². The molecule has 0 aromatic heterocycles. The fraction of sp³-hybridized carbons (Fsp3) is 0.733. The molecule has 1 aliphatic heterocycles. The topological polar surface area (TPSA) is 0 Å². The van der Waals surface area contributed by atoms with Crippen molar-refractivity contribution in [2.75, 3.05) is 0 Å². The minimum atomic E-state index is 0.330. The molecule has 2 unspecified atom stereocenters. The fourth-order valence-electron chi connectivity index (χ4n) is 2.41. The normalized spacial score (nSPS) is 43.5. The summed E-state index contributed by atoms with van der Waals surface area (Å²) in [5.74, 6) is 0. The molecular formula is C15H24S. The van der Waals surface area contributed by atoms with Gasteiger partial charge in [0.05, 0.1) is 0 Å². The summed E-state index contributed by atoms with van der Waals surface area (Å²) in [5.41, 5.74) is 1.91. The van der Waals surface area contributed by atoms with Crippen LogP contribution in [0.2, 0.25) is 0 Å². The molecule has 0 bridgehead atoms. The Balaban J connectivity index is 2.11. The molecule has 1 heterocycles. The van der Waals surface area contributed by atoms with Crippen LogP contribution in [-0.2, 0) is 0 Å². The zero-order valence-corrected chi connectivity index (χ0v) is 11.9. The van der Waals surface area contributed by atoms with Gasteiger partial charge in [0.25, 0.3) is 0 Å². The van der Waals surface area contributed by atoms with Crippen LogP contribution >= 0.6 is 11.8 Å². The van der Waals surface area contributed by atoms with Crippen molar-refractivity contribution in [2.45, 2.75) is 63.4 Å². The van der Waals surface area contributed by atoms with Gasteiger partial charge in [-0.1, -0.05) is 37.6 Å². The van der Waals surface area contributed by atoms with E-state index in [1.807, 2.05) is 0 Å². The van der Waals surface area contributed by atoms with Gasteiger partial charge < -0.3 is 0 Å². The summed E-state index contributed by atoms with van der Waals surface area (Å²) >= 11 is 2.18. The lowest BCUT2D eigenvalue weighted by atomic mass is 9.87. The van der Waals surface area contributed by atoms with Crippen LogP contribution in [0.3, 0.4) is 0 Å². The molecule has 2 atom stereocenters. The van der Waals surface area contributed by atoms with Gasteiger partial charge in [0.15, 0.2) is 0 Å². The summed E-state index contributed by atoms with van der Waals surface area (Å²) in [5, 5.41) is 0.904. The first-order chi connectivity index (χ1) is 7.41. The molecule has 1 fully saturated rings. The molecule has 90 valence electrons. The second-order valence-corrected chi connectivity index (χ2v) is 8.04. The minimum Gasteiger partial charge on any atom is -0.149 e. The van der Waals surface area contributed by atoms with Crippen LogP contribution in [0.5, 0.6) is 0 Å². The summed E-state index contributed by atoms with van der Waals surface area (Å²) in [4.78, 5) is 0. The number of allylic oxidation sites excluding steroid dienone is 4. The molecule has 1 aliphatic carbocycles. The van der Waals surface area contributed by atoms with E-state index in [9.17, 15) is 0 Å². The molecular weight excluding hydrogens is 212 g/mol. The smallest absolute Gasteiger partial charge is 0.0288 e. The highest BCUT2D eigenvalue weighted by Gasteiger charge is 2.49. The Morgan fingerprint density at radius 3 is 2.75 bits per heavy atom. The highest BCUT2D eigenvalue weighted by Crippen LogP contribution is 2.58. The molecule has 0 spiro atoms. The van der Waals surface area contributed by atoms with Crippen LogP contribution < -0.4 is 0 Å². The van der Waals surface area contributed by atoms with Crippen LogP contribution in [0.4, 0.5) is 0 Å². The maximum absolute atomic E-state index is 2.44. The van der Waals surface area contributed by atoms with Crippen molar-refractivity contribution < 1.29 is 0 Å². The molecule has 0 saturated carbocycles. The third kappa shape index (κ3) is 2.94. The average molecular weight is 236 g/mol. The lowest BCUT2D eigenvalue weighted by molar-refractivity contribution is 0.485. The molecule has 2 aliphatic rings. The van der Waals surface area contributed by atoms with Gasteiger partial charge >= 0.3 is 0 Å². The standard InChI is InChI=1S/C15H24S/c1-12-6-7-13-15(4,16-13)10-5-9-14(2,3)11-8-12/h5,8-9,13H,6-7,10-11H2,1-4H3/b9-5+,12-8+. The van der Waals surface area contributed by atoms with E-state index in [0.29, 0.717) is 10.2 Å². The van der Waals surface area contributed by atoms with E-state index >= 15 is 0 Å². The van der Waals surface area contributed by atoms with Crippen molar-refractivity contribution in [1.82, 2.24) is 0 Å². The molecule has 0 aromatic carbocycles. The third-order valence-electron chi connectivity index (χ3n) is 3.91. The van der Waals surface area contributed by atoms with Gasteiger partial charge in [-0.15, -0.1) is 11.8 Å². The van der Waals surface area contributed by atoms with E-state index in [1.54, 1.807) is 5.57 Å². The van der Waals surface area contributed by atoms with Crippen molar-refractivity contribution in [2.24, 2.45) is 5.41 Å². The third-order valence-corrected chi connectivity index (χ3v) is 5.68. The van der Waals surface area contributed by atoms with E-state index in [4.69, 9.17) is 0 Å². The zero-order chi connectivity index (χ0) is 11.8. The maximum atomic E-state index is 2.44. The summed E-state index contributed by atoms with van der Waals surface area (Å²) < 4.78 is 0.553. The number of hydrogen-bond donors (Lipinski definition) is 0. The second kappa shape index (κ2) is 4.25. The lowest BCUT2D eigenvalue weighted by Gasteiger charge is -2.18. The van der Waals surface area contributed by atoms with Gasteiger partial charge in [-0.3, -0.25) is 0 Å². The predicted octanol–water partition coefficient (Wildman–Crippen LogP) is 4.96. The van der Waals surface area contributed by atoms with Crippen molar-refractivity contribution in [3.8, 4) is 0 Å². The summed E-state index contributed by atoms with van der Waals surface area (Å²) in [6.07, 6.45) is 12.4. The first kappa shape index (κ1) is 12.3. The number of hydrogen-bond acceptors (Lipinski definition) is 1. The average Bonchev–Trinajstić information content (AvgIpc) is 2.82. The van der Waals surface area contributed by atoms with Gasteiger partial charge in [0, 0.05) is 10.00 Å². The minimum absolute atomic E-state index is 0.330. The Kier molecular flexibility index (Phi) is 3.27. The van der Waals surface area contributed by atoms with Crippen molar-refractivity contribution in [3.05, 3.63) is 23.8 Å². The molecule has 0 amide bonds. The zero-order valence-electron chi connectivity index (χ0n) is 11.0. The summed E-state index contributed by atoms with van der Waals surface area (Å²) in [7, 11) is 0. The molecule has 0 aromatic rings. The molecule has 2 rings (SSSR count). The van der Waals surface area contributed by atoms with E-state index in [1.165, 1.54) is 25.7 Å². The van der Waals surface area contributed by atoms with Crippen molar-refractivity contribution >= 4 is 11.8 Å². The van der Waals surface area contributed by atoms with Crippen LogP contribution in [0.15, 0.2) is 23.8 Å². The number of rotatable bonds is 0. The highest BCUT2D eigenvalue weighted by molar-refractivity contribution is 8.08. The second-order valence-electron chi connectivity index (χ2n) is 6.31. The summed E-state index contributed by atoms with van der Waals surface area (Å²) in [6, 6.07) is 0. The van der Waals surface area contributed by atoms with E-state index in [0.717, 1.165) is 5.25 Å². The van der Waals surface area contributed by atoms with Gasteiger partial charge in [-0.2, -0.15) is 0 Å². The quantitative estimate of drug-likeness (QED) is 0.423. The molecule has 0 nitrogen and oxygen atoms in total. The first-order valence-corrected chi connectivity index (χ1v) is 7.30.